The maximum atomic E-state index is 10.4. The minimum absolute atomic E-state index is 0.0394. The van der Waals surface area contributed by atoms with Gasteiger partial charge in [0.1, 0.15) is 11.8 Å². The predicted octanol–water partition coefficient (Wildman–Crippen LogP) is 1.53. The van der Waals surface area contributed by atoms with Crippen molar-refractivity contribution in [2.24, 2.45) is 0 Å². The monoisotopic (exact) mass is 290 g/mol. The molecule has 8 heteroatoms. The number of aliphatic carboxylic acids is 1. The minimum Gasteiger partial charge on any atom is -0.476 e. The van der Waals surface area contributed by atoms with Crippen LogP contribution >= 0.6 is 0 Å². The molecule has 0 spiro atoms. The Morgan fingerprint density at radius 3 is 2.43 bits per heavy atom. The van der Waals surface area contributed by atoms with Crippen molar-refractivity contribution in [2.45, 2.75) is 0 Å². The van der Waals surface area contributed by atoms with E-state index in [4.69, 9.17) is 14.6 Å². The van der Waals surface area contributed by atoms with Gasteiger partial charge in [-0.25, -0.2) is 20.1 Å². The van der Waals surface area contributed by atoms with Crippen LogP contribution < -0.4 is 5.48 Å². The van der Waals surface area contributed by atoms with E-state index in [0.29, 0.717) is 11.1 Å². The van der Waals surface area contributed by atoms with Crippen LogP contribution in [0.15, 0.2) is 52.8 Å². The minimum atomic E-state index is -1.15. The molecule has 0 radical (unpaired) electrons. The topological polar surface area (TPSA) is 122 Å². The molecule has 1 aromatic heterocycles. The quantitative estimate of drug-likeness (QED) is 0.761. The zero-order valence-corrected chi connectivity index (χ0v) is 10.5. The number of aromatic nitrogens is 1. The number of allylic oxidation sites excluding steroid dienone is 2. The zero-order chi connectivity index (χ0) is 15.2. The third kappa shape index (κ3) is 3.60. The number of rotatable bonds is 2. The predicted molar refractivity (Wildman–Crippen MR) is 70.0 cm³/mol. The van der Waals surface area contributed by atoms with Crippen LogP contribution in [-0.2, 0) is 9.63 Å². The number of hydrogen-bond acceptors (Lipinski definition) is 6. The largest absolute Gasteiger partial charge is 0.476 e. The maximum absolute atomic E-state index is 10.4. The highest BCUT2D eigenvalue weighted by molar-refractivity contribution is 5.86. The van der Waals surface area contributed by atoms with Crippen LogP contribution in [0.3, 0.4) is 0 Å². The molecule has 0 saturated carbocycles. The van der Waals surface area contributed by atoms with Gasteiger partial charge in [-0.3, -0.25) is 0 Å². The molecule has 1 aliphatic rings. The molecule has 3 N–H and O–H groups in total. The van der Waals surface area contributed by atoms with Gasteiger partial charge in [0.15, 0.2) is 11.3 Å². The van der Waals surface area contributed by atoms with Crippen LogP contribution in [0.2, 0.25) is 0 Å². The van der Waals surface area contributed by atoms with Gasteiger partial charge in [0, 0.05) is 0 Å². The molecule has 21 heavy (non-hydrogen) atoms. The Morgan fingerprint density at radius 2 is 1.90 bits per heavy atom. The van der Waals surface area contributed by atoms with E-state index in [9.17, 15) is 9.59 Å². The lowest BCUT2D eigenvalue weighted by Crippen LogP contribution is -2.19. The molecule has 3 rings (SSSR count). The number of nitrogens with one attached hydrogen (secondary N) is 1. The number of hydroxylamine groups is 1. The fourth-order valence-electron chi connectivity index (χ4n) is 1.38. The van der Waals surface area contributed by atoms with Crippen LogP contribution in [0.1, 0.15) is 10.7 Å². The molecule has 8 nitrogen and oxygen atoms in total. The summed E-state index contributed by atoms with van der Waals surface area (Å²) in [5.74, 6) is -2.44. The van der Waals surface area contributed by atoms with E-state index in [1.165, 1.54) is 18.4 Å². The van der Waals surface area contributed by atoms with Gasteiger partial charge < -0.3 is 19.5 Å². The first-order chi connectivity index (χ1) is 10.1. The first kappa shape index (κ1) is 14.1. The van der Waals surface area contributed by atoms with Crippen molar-refractivity contribution in [1.29, 1.82) is 0 Å². The van der Waals surface area contributed by atoms with Gasteiger partial charge in [-0.2, -0.15) is 0 Å². The number of fused-ring (bicyclic) bond motifs is 1. The highest BCUT2D eigenvalue weighted by atomic mass is 16.6. The summed E-state index contributed by atoms with van der Waals surface area (Å²) in [7, 11) is 0. The first-order valence-corrected chi connectivity index (χ1v) is 5.68. The van der Waals surface area contributed by atoms with Crippen molar-refractivity contribution >= 4 is 23.0 Å². The lowest BCUT2D eigenvalue weighted by Gasteiger charge is -2.06. The van der Waals surface area contributed by atoms with E-state index >= 15 is 0 Å². The number of oxazole rings is 1. The summed E-state index contributed by atoms with van der Waals surface area (Å²) < 4.78 is 4.92. The molecule has 0 bridgehead atoms. The molecule has 0 fully saturated rings. The van der Waals surface area contributed by atoms with Crippen molar-refractivity contribution in [1.82, 2.24) is 10.5 Å². The van der Waals surface area contributed by atoms with Gasteiger partial charge in [-0.05, 0) is 24.3 Å². The van der Waals surface area contributed by atoms with Crippen molar-refractivity contribution in [3.63, 3.8) is 0 Å². The average Bonchev–Trinajstić information content (AvgIpc) is 2.93. The van der Waals surface area contributed by atoms with Crippen molar-refractivity contribution in [3.8, 4) is 0 Å². The van der Waals surface area contributed by atoms with E-state index in [1.54, 1.807) is 24.3 Å². The van der Waals surface area contributed by atoms with Crippen molar-refractivity contribution in [3.05, 3.63) is 54.3 Å². The fourth-order valence-corrected chi connectivity index (χ4v) is 1.38. The summed E-state index contributed by atoms with van der Waals surface area (Å²) in [6.07, 6.45) is 4.26. The number of hydrogen-bond donors (Lipinski definition) is 3. The molecule has 2 aromatic rings. The van der Waals surface area contributed by atoms with Crippen molar-refractivity contribution in [2.75, 3.05) is 0 Å². The highest BCUT2D eigenvalue weighted by Crippen LogP contribution is 2.13. The Balaban J connectivity index is 0.000000161. The summed E-state index contributed by atoms with van der Waals surface area (Å²) in [4.78, 5) is 28.7. The summed E-state index contributed by atoms with van der Waals surface area (Å²) in [6, 6.07) is 6.91. The Bertz CT molecular complexity index is 698. The molecular formula is C13H10N2O6. The molecule has 2 heterocycles. The Kier molecular flexibility index (Phi) is 4.20. The summed E-state index contributed by atoms with van der Waals surface area (Å²) in [6.45, 7) is 0. The number of carbonyl (C=O) groups is 2. The third-order valence-corrected chi connectivity index (χ3v) is 2.29. The normalized spacial score (nSPS) is 12.5. The summed E-state index contributed by atoms with van der Waals surface area (Å²) >= 11 is 0. The van der Waals surface area contributed by atoms with E-state index < -0.39 is 11.9 Å². The number of carboxylic acid groups (broad SMARTS) is 2. The standard InChI is InChI=1S/C8H5NO3.C5H5NO3/c10-8(11)7-9-5-3-1-2-4-6(5)12-7;7-5(8)4-2-1-3-9-6-4/h1-4H,(H,10,11);1-3,6H,(H,7,8). The van der Waals surface area contributed by atoms with Crippen LogP contribution in [0.5, 0.6) is 0 Å². The number of nitrogens with zero attached hydrogens (tertiary/aromatic N) is 1. The van der Waals surface area contributed by atoms with E-state index in [-0.39, 0.29) is 11.6 Å². The van der Waals surface area contributed by atoms with Crippen molar-refractivity contribution < 1.29 is 29.1 Å². The number of aromatic carboxylic acids is 1. The van der Waals surface area contributed by atoms with Gasteiger partial charge in [-0.1, -0.05) is 12.1 Å². The highest BCUT2D eigenvalue weighted by Gasteiger charge is 2.11. The maximum Gasteiger partial charge on any atom is 0.392 e. The Hall–Kier alpha value is -3.29. The molecule has 0 aliphatic carbocycles. The average molecular weight is 290 g/mol. The second-order valence-corrected chi connectivity index (χ2v) is 3.73. The van der Waals surface area contributed by atoms with Gasteiger partial charge in [0.25, 0.3) is 0 Å². The molecule has 1 aliphatic heterocycles. The second kappa shape index (κ2) is 6.24. The van der Waals surface area contributed by atoms with Crippen LogP contribution in [-0.4, -0.2) is 27.1 Å². The third-order valence-electron chi connectivity index (χ3n) is 2.29. The smallest absolute Gasteiger partial charge is 0.392 e. The molecular weight excluding hydrogens is 280 g/mol. The van der Waals surface area contributed by atoms with E-state index in [1.807, 2.05) is 0 Å². The van der Waals surface area contributed by atoms with Crippen LogP contribution in [0, 0.1) is 0 Å². The molecule has 0 atom stereocenters. The Labute approximate surface area is 117 Å². The molecule has 0 amide bonds. The molecule has 0 saturated heterocycles. The molecule has 1 aromatic carbocycles. The van der Waals surface area contributed by atoms with Crippen LogP contribution in [0.4, 0.5) is 0 Å². The first-order valence-electron chi connectivity index (χ1n) is 5.68. The number of benzene rings is 1. The SMILES string of the molecule is O=C(O)C1=CC=CON1.O=C(O)c1nc2ccccc2o1. The lowest BCUT2D eigenvalue weighted by molar-refractivity contribution is -0.134. The van der Waals surface area contributed by atoms with Crippen LogP contribution in [0.25, 0.3) is 11.1 Å². The summed E-state index contributed by atoms with van der Waals surface area (Å²) in [5.41, 5.74) is 3.29. The zero-order valence-electron chi connectivity index (χ0n) is 10.5. The van der Waals surface area contributed by atoms with Gasteiger partial charge in [0.05, 0.1) is 0 Å². The number of carboxylic acids is 2. The number of para-hydroxylation sites is 2. The Morgan fingerprint density at radius 1 is 1.14 bits per heavy atom. The van der Waals surface area contributed by atoms with Gasteiger partial charge >= 0.3 is 17.8 Å². The van der Waals surface area contributed by atoms with E-state index in [0.717, 1.165) is 0 Å². The molecule has 0 unspecified atom stereocenters. The lowest BCUT2D eigenvalue weighted by atomic mass is 10.3. The second-order valence-electron chi connectivity index (χ2n) is 3.73. The fraction of sp³-hybridized carbons (Fsp3) is 0. The van der Waals surface area contributed by atoms with Gasteiger partial charge in [0.2, 0.25) is 0 Å². The summed E-state index contributed by atoms with van der Waals surface area (Å²) in [5, 5.41) is 16.8. The van der Waals surface area contributed by atoms with E-state index in [2.05, 4.69) is 15.3 Å². The molecule has 108 valence electrons. The van der Waals surface area contributed by atoms with Gasteiger partial charge in [-0.15, -0.1) is 0 Å².